The number of alkyl halides is 3. The summed E-state index contributed by atoms with van der Waals surface area (Å²) in [7, 11) is 1.44. The van der Waals surface area contributed by atoms with E-state index in [2.05, 4.69) is 5.32 Å². The monoisotopic (exact) mass is 253 g/mol. The Balaban J connectivity index is 2.77. The summed E-state index contributed by atoms with van der Waals surface area (Å²) in [5, 5.41) is 2.52. The molecule has 0 aromatic heterocycles. The molecule has 0 spiro atoms. The summed E-state index contributed by atoms with van der Waals surface area (Å²) in [6, 6.07) is -2.33. The molecule has 0 aliphatic carbocycles. The van der Waals surface area contributed by atoms with Gasteiger partial charge in [-0.2, -0.15) is 13.2 Å². The normalized spacial score (nSPS) is 27.1. The molecule has 2 unspecified atom stereocenters. The Kier molecular flexibility index (Phi) is 4.24. The molecule has 1 aliphatic rings. The van der Waals surface area contributed by atoms with Crippen LogP contribution in [0.1, 0.15) is 13.8 Å². The van der Waals surface area contributed by atoms with Crippen molar-refractivity contribution in [1.82, 2.24) is 15.1 Å². The van der Waals surface area contributed by atoms with Gasteiger partial charge in [0, 0.05) is 25.7 Å². The van der Waals surface area contributed by atoms with Crippen LogP contribution in [-0.2, 0) is 0 Å². The number of halogens is 3. The van der Waals surface area contributed by atoms with Crippen LogP contribution in [0.5, 0.6) is 0 Å². The van der Waals surface area contributed by atoms with Crippen molar-refractivity contribution in [3.8, 4) is 0 Å². The molecule has 1 N–H and O–H groups in total. The highest BCUT2D eigenvalue weighted by Gasteiger charge is 2.47. The number of urea groups is 1. The van der Waals surface area contributed by atoms with E-state index in [1.807, 2.05) is 0 Å². The summed E-state index contributed by atoms with van der Waals surface area (Å²) in [6.07, 6.45) is -4.31. The molecular formula is C10H18F3N3O. The molecule has 2 atom stereocenters. The Morgan fingerprint density at radius 3 is 2.47 bits per heavy atom. The van der Waals surface area contributed by atoms with E-state index in [4.69, 9.17) is 0 Å². The number of nitrogens with one attached hydrogen (secondary N) is 1. The van der Waals surface area contributed by atoms with Gasteiger partial charge in [0.1, 0.15) is 6.04 Å². The molecule has 0 aromatic rings. The summed E-state index contributed by atoms with van der Waals surface area (Å²) in [5.74, 6) is 0. The highest BCUT2D eigenvalue weighted by Crippen LogP contribution is 2.28. The van der Waals surface area contributed by atoms with Gasteiger partial charge < -0.3 is 10.2 Å². The molecule has 100 valence electrons. The Bertz CT molecular complexity index is 282. The van der Waals surface area contributed by atoms with Crippen LogP contribution in [0.25, 0.3) is 0 Å². The summed E-state index contributed by atoms with van der Waals surface area (Å²) in [4.78, 5) is 14.1. The lowest BCUT2D eigenvalue weighted by Crippen LogP contribution is -2.63. The number of likely N-dealkylation sites (N-methyl/N-ethyl adjacent to an activating group) is 1. The van der Waals surface area contributed by atoms with Crippen molar-refractivity contribution < 1.29 is 18.0 Å². The molecule has 2 amide bonds. The van der Waals surface area contributed by atoms with Crippen LogP contribution in [0.4, 0.5) is 18.0 Å². The SMILES string of the molecule is CCNC(=O)N1CC(C)N(C)C(C(F)(F)F)C1. The standard InChI is InChI=1S/C10H18F3N3O/c1-4-14-9(17)16-5-7(2)15(3)8(6-16)10(11,12)13/h7-8H,4-6H2,1-3H3,(H,14,17). The van der Waals surface area contributed by atoms with E-state index in [-0.39, 0.29) is 12.6 Å². The van der Waals surface area contributed by atoms with E-state index >= 15 is 0 Å². The van der Waals surface area contributed by atoms with E-state index in [1.165, 1.54) is 16.8 Å². The van der Waals surface area contributed by atoms with Gasteiger partial charge in [-0.15, -0.1) is 0 Å². The molecule has 0 bridgehead atoms. The molecule has 0 aromatic carbocycles. The van der Waals surface area contributed by atoms with E-state index in [0.717, 1.165) is 0 Å². The first-order valence-corrected chi connectivity index (χ1v) is 5.58. The maximum absolute atomic E-state index is 12.8. The van der Waals surface area contributed by atoms with Crippen LogP contribution < -0.4 is 5.32 Å². The number of rotatable bonds is 1. The first-order chi connectivity index (χ1) is 7.77. The molecule has 1 saturated heterocycles. The highest BCUT2D eigenvalue weighted by atomic mass is 19.4. The first kappa shape index (κ1) is 14.1. The second-order valence-corrected chi connectivity index (χ2v) is 4.31. The third-order valence-corrected chi connectivity index (χ3v) is 3.06. The second kappa shape index (κ2) is 5.12. The molecule has 17 heavy (non-hydrogen) atoms. The zero-order valence-corrected chi connectivity index (χ0v) is 10.2. The van der Waals surface area contributed by atoms with Gasteiger partial charge in [0.2, 0.25) is 0 Å². The summed E-state index contributed by atoms with van der Waals surface area (Å²) < 4.78 is 38.4. The smallest absolute Gasteiger partial charge is 0.338 e. The van der Waals surface area contributed by atoms with Crippen molar-refractivity contribution in [2.45, 2.75) is 32.1 Å². The fraction of sp³-hybridized carbons (Fsp3) is 0.900. The van der Waals surface area contributed by atoms with Gasteiger partial charge in [0.05, 0.1) is 0 Å². The molecule has 0 radical (unpaired) electrons. The topological polar surface area (TPSA) is 35.6 Å². The van der Waals surface area contributed by atoms with Crippen molar-refractivity contribution in [3.63, 3.8) is 0 Å². The quantitative estimate of drug-likeness (QED) is 0.764. The average molecular weight is 253 g/mol. The lowest BCUT2D eigenvalue weighted by atomic mass is 10.1. The number of carbonyl (C=O) groups is 1. The predicted octanol–water partition coefficient (Wildman–Crippen LogP) is 1.28. The van der Waals surface area contributed by atoms with Crippen LogP contribution in [-0.4, -0.2) is 60.8 Å². The number of piperazine rings is 1. The number of hydrogen-bond donors (Lipinski definition) is 1. The third kappa shape index (κ3) is 3.24. The summed E-state index contributed by atoms with van der Waals surface area (Å²) in [6.45, 7) is 3.84. The van der Waals surface area contributed by atoms with Crippen molar-refractivity contribution >= 4 is 6.03 Å². The van der Waals surface area contributed by atoms with Crippen LogP contribution in [0.2, 0.25) is 0 Å². The minimum absolute atomic E-state index is 0.307. The van der Waals surface area contributed by atoms with E-state index in [9.17, 15) is 18.0 Å². The van der Waals surface area contributed by atoms with Crippen LogP contribution in [0, 0.1) is 0 Å². The van der Waals surface area contributed by atoms with Gasteiger partial charge in [-0.25, -0.2) is 4.79 Å². The Morgan fingerprint density at radius 1 is 1.41 bits per heavy atom. The van der Waals surface area contributed by atoms with E-state index in [1.54, 1.807) is 13.8 Å². The number of carbonyl (C=O) groups excluding carboxylic acids is 1. The van der Waals surface area contributed by atoms with Crippen molar-refractivity contribution in [2.75, 3.05) is 26.7 Å². The fourth-order valence-corrected chi connectivity index (χ4v) is 1.93. The molecule has 1 heterocycles. The maximum atomic E-state index is 12.8. The Morgan fingerprint density at radius 2 is 2.00 bits per heavy atom. The zero-order valence-electron chi connectivity index (χ0n) is 10.2. The van der Waals surface area contributed by atoms with Gasteiger partial charge in [0.25, 0.3) is 0 Å². The number of hydrogen-bond acceptors (Lipinski definition) is 2. The zero-order chi connectivity index (χ0) is 13.2. The van der Waals surface area contributed by atoms with E-state index < -0.39 is 18.2 Å². The van der Waals surface area contributed by atoms with Crippen molar-refractivity contribution in [1.29, 1.82) is 0 Å². The van der Waals surface area contributed by atoms with Gasteiger partial charge in [-0.05, 0) is 20.9 Å². The van der Waals surface area contributed by atoms with Gasteiger partial charge in [0.15, 0.2) is 0 Å². The average Bonchev–Trinajstić information content (AvgIpc) is 2.20. The lowest BCUT2D eigenvalue weighted by Gasteiger charge is -2.44. The summed E-state index contributed by atoms with van der Waals surface area (Å²) in [5.41, 5.74) is 0. The van der Waals surface area contributed by atoms with Crippen LogP contribution >= 0.6 is 0 Å². The van der Waals surface area contributed by atoms with Gasteiger partial charge in [-0.1, -0.05) is 0 Å². The largest absolute Gasteiger partial charge is 0.405 e. The molecule has 1 aliphatic heterocycles. The molecule has 7 heteroatoms. The Labute approximate surface area is 98.7 Å². The minimum atomic E-state index is -4.31. The van der Waals surface area contributed by atoms with E-state index in [0.29, 0.717) is 13.1 Å². The lowest BCUT2D eigenvalue weighted by molar-refractivity contribution is -0.196. The highest BCUT2D eigenvalue weighted by molar-refractivity contribution is 5.74. The van der Waals surface area contributed by atoms with Crippen LogP contribution in [0.3, 0.4) is 0 Å². The maximum Gasteiger partial charge on any atom is 0.405 e. The third-order valence-electron chi connectivity index (χ3n) is 3.06. The molecular weight excluding hydrogens is 235 g/mol. The van der Waals surface area contributed by atoms with Gasteiger partial charge in [-0.3, -0.25) is 4.90 Å². The van der Waals surface area contributed by atoms with Crippen molar-refractivity contribution in [3.05, 3.63) is 0 Å². The Hall–Kier alpha value is -0.980. The van der Waals surface area contributed by atoms with Crippen molar-refractivity contribution in [2.24, 2.45) is 0 Å². The van der Waals surface area contributed by atoms with Crippen LogP contribution in [0.15, 0.2) is 0 Å². The summed E-state index contributed by atoms with van der Waals surface area (Å²) >= 11 is 0. The number of nitrogens with zero attached hydrogens (tertiary/aromatic N) is 2. The predicted molar refractivity (Wildman–Crippen MR) is 57.7 cm³/mol. The molecule has 1 rings (SSSR count). The molecule has 1 fully saturated rings. The number of amides is 2. The minimum Gasteiger partial charge on any atom is -0.338 e. The fourth-order valence-electron chi connectivity index (χ4n) is 1.93. The van der Waals surface area contributed by atoms with Gasteiger partial charge >= 0.3 is 12.2 Å². The second-order valence-electron chi connectivity index (χ2n) is 4.31. The molecule has 0 saturated carbocycles. The molecule has 4 nitrogen and oxygen atoms in total. The first-order valence-electron chi connectivity index (χ1n) is 5.58.